The predicted octanol–water partition coefficient (Wildman–Crippen LogP) is 4.53. The van der Waals surface area contributed by atoms with Crippen molar-refractivity contribution in [2.75, 3.05) is 26.8 Å². The average molecular weight is 269 g/mol. The van der Waals surface area contributed by atoms with Crippen LogP contribution in [0, 0.1) is 5.41 Å². The lowest BCUT2D eigenvalue weighted by Crippen LogP contribution is -2.25. The van der Waals surface area contributed by atoms with Gasteiger partial charge >= 0.3 is 0 Å². The van der Waals surface area contributed by atoms with Crippen LogP contribution in [0.25, 0.3) is 0 Å². The first-order valence-corrected chi connectivity index (χ1v) is 8.53. The van der Waals surface area contributed by atoms with Gasteiger partial charge in [0.1, 0.15) is 0 Å². The molecule has 0 amide bonds. The molecule has 0 saturated heterocycles. The molecule has 1 rings (SSSR count). The summed E-state index contributed by atoms with van der Waals surface area (Å²) in [6.45, 7) is 5.64. The van der Waals surface area contributed by atoms with Gasteiger partial charge in [0.15, 0.2) is 0 Å². The first-order valence-electron chi connectivity index (χ1n) is 8.53. The van der Waals surface area contributed by atoms with Gasteiger partial charge in [0.25, 0.3) is 0 Å². The first kappa shape index (κ1) is 17.0. The zero-order valence-electron chi connectivity index (χ0n) is 13.3. The third-order valence-corrected chi connectivity index (χ3v) is 4.50. The van der Waals surface area contributed by atoms with E-state index in [4.69, 9.17) is 4.74 Å². The van der Waals surface area contributed by atoms with Crippen LogP contribution in [0.4, 0.5) is 0 Å². The summed E-state index contributed by atoms with van der Waals surface area (Å²) >= 11 is 0. The van der Waals surface area contributed by atoms with Crippen molar-refractivity contribution in [2.45, 2.75) is 77.6 Å². The van der Waals surface area contributed by atoms with E-state index in [2.05, 4.69) is 12.2 Å². The molecule has 1 fully saturated rings. The standard InChI is InChI=1S/C17H35NO/c1-3-4-5-6-7-8-9-10-14-18-16-17(11-12-17)13-15-19-2/h18H,3-16H2,1-2H3. The van der Waals surface area contributed by atoms with Crippen molar-refractivity contribution >= 4 is 0 Å². The van der Waals surface area contributed by atoms with Gasteiger partial charge in [0.05, 0.1) is 0 Å². The van der Waals surface area contributed by atoms with Crippen molar-refractivity contribution in [2.24, 2.45) is 5.41 Å². The van der Waals surface area contributed by atoms with Crippen molar-refractivity contribution in [1.29, 1.82) is 0 Å². The second-order valence-corrected chi connectivity index (χ2v) is 6.39. The molecule has 0 aromatic carbocycles. The molecule has 0 spiro atoms. The molecule has 2 nitrogen and oxygen atoms in total. The first-order chi connectivity index (χ1) is 9.33. The Bertz CT molecular complexity index is 201. The lowest BCUT2D eigenvalue weighted by Gasteiger charge is -2.15. The highest BCUT2D eigenvalue weighted by atomic mass is 16.5. The van der Waals surface area contributed by atoms with Crippen LogP contribution in [0.15, 0.2) is 0 Å². The minimum Gasteiger partial charge on any atom is -0.385 e. The van der Waals surface area contributed by atoms with E-state index in [1.165, 1.54) is 83.7 Å². The molecule has 1 saturated carbocycles. The Morgan fingerprint density at radius 1 is 0.947 bits per heavy atom. The zero-order valence-corrected chi connectivity index (χ0v) is 13.3. The Morgan fingerprint density at radius 2 is 1.58 bits per heavy atom. The van der Waals surface area contributed by atoms with Crippen LogP contribution in [0.3, 0.4) is 0 Å². The van der Waals surface area contributed by atoms with Crippen LogP contribution in [0.5, 0.6) is 0 Å². The number of rotatable bonds is 14. The van der Waals surface area contributed by atoms with E-state index in [9.17, 15) is 0 Å². The highest BCUT2D eigenvalue weighted by molar-refractivity contribution is 4.94. The minimum absolute atomic E-state index is 0.607. The Labute approximate surface area is 120 Å². The van der Waals surface area contributed by atoms with Gasteiger partial charge in [0.2, 0.25) is 0 Å². The maximum absolute atomic E-state index is 5.19. The van der Waals surface area contributed by atoms with E-state index >= 15 is 0 Å². The lowest BCUT2D eigenvalue weighted by molar-refractivity contribution is 0.171. The fourth-order valence-corrected chi connectivity index (χ4v) is 2.75. The molecular weight excluding hydrogens is 234 g/mol. The predicted molar refractivity (Wildman–Crippen MR) is 83.6 cm³/mol. The molecule has 0 aromatic heterocycles. The van der Waals surface area contributed by atoms with Crippen molar-refractivity contribution in [1.82, 2.24) is 5.32 Å². The van der Waals surface area contributed by atoms with Gasteiger partial charge < -0.3 is 10.1 Å². The molecular formula is C17H35NO. The number of hydrogen-bond acceptors (Lipinski definition) is 2. The van der Waals surface area contributed by atoms with E-state index in [0.717, 1.165) is 6.61 Å². The van der Waals surface area contributed by atoms with Gasteiger partial charge in [-0.15, -0.1) is 0 Å². The van der Waals surface area contributed by atoms with Crippen LogP contribution >= 0.6 is 0 Å². The van der Waals surface area contributed by atoms with E-state index < -0.39 is 0 Å². The Morgan fingerprint density at radius 3 is 2.16 bits per heavy atom. The molecule has 0 aliphatic heterocycles. The van der Waals surface area contributed by atoms with E-state index in [0.29, 0.717) is 5.41 Å². The monoisotopic (exact) mass is 269 g/mol. The number of ether oxygens (including phenoxy) is 1. The van der Waals surface area contributed by atoms with Crippen LogP contribution in [0.2, 0.25) is 0 Å². The van der Waals surface area contributed by atoms with Crippen molar-refractivity contribution in [3.63, 3.8) is 0 Å². The summed E-state index contributed by atoms with van der Waals surface area (Å²) in [6.07, 6.45) is 15.4. The van der Waals surface area contributed by atoms with Crippen LogP contribution < -0.4 is 5.32 Å². The molecule has 19 heavy (non-hydrogen) atoms. The zero-order chi connectivity index (χ0) is 13.8. The summed E-state index contributed by atoms with van der Waals surface area (Å²) in [6, 6.07) is 0. The number of methoxy groups -OCH3 is 1. The quantitative estimate of drug-likeness (QED) is 0.468. The third kappa shape index (κ3) is 8.65. The smallest absolute Gasteiger partial charge is 0.0468 e. The van der Waals surface area contributed by atoms with Crippen molar-refractivity contribution in [3.05, 3.63) is 0 Å². The molecule has 1 N–H and O–H groups in total. The molecule has 1 aliphatic rings. The molecule has 0 unspecified atom stereocenters. The van der Waals surface area contributed by atoms with Gasteiger partial charge in [-0.25, -0.2) is 0 Å². The second kappa shape index (κ2) is 10.7. The fraction of sp³-hybridized carbons (Fsp3) is 1.00. The molecule has 1 aliphatic carbocycles. The largest absolute Gasteiger partial charge is 0.385 e. The Kier molecular flexibility index (Phi) is 9.54. The van der Waals surface area contributed by atoms with Gasteiger partial charge in [0, 0.05) is 20.3 Å². The summed E-state index contributed by atoms with van der Waals surface area (Å²) < 4.78 is 5.19. The number of hydrogen-bond donors (Lipinski definition) is 1. The maximum Gasteiger partial charge on any atom is 0.0468 e. The van der Waals surface area contributed by atoms with Gasteiger partial charge in [-0.1, -0.05) is 51.9 Å². The van der Waals surface area contributed by atoms with Crippen LogP contribution in [0.1, 0.15) is 77.6 Å². The number of nitrogens with one attached hydrogen (secondary N) is 1. The Balaban J connectivity index is 1.79. The third-order valence-electron chi connectivity index (χ3n) is 4.50. The SMILES string of the molecule is CCCCCCCCCCNCC1(CCOC)CC1. The summed E-state index contributed by atoms with van der Waals surface area (Å²) in [7, 11) is 1.81. The van der Waals surface area contributed by atoms with Gasteiger partial charge in [-0.2, -0.15) is 0 Å². The fourth-order valence-electron chi connectivity index (χ4n) is 2.75. The highest BCUT2D eigenvalue weighted by Crippen LogP contribution is 2.48. The molecule has 0 bridgehead atoms. The van der Waals surface area contributed by atoms with E-state index in [1.54, 1.807) is 0 Å². The second-order valence-electron chi connectivity index (χ2n) is 6.39. The molecule has 0 radical (unpaired) electrons. The van der Waals surface area contributed by atoms with Gasteiger partial charge in [-0.05, 0) is 37.6 Å². The van der Waals surface area contributed by atoms with Gasteiger partial charge in [-0.3, -0.25) is 0 Å². The Hall–Kier alpha value is -0.0800. The summed E-state index contributed by atoms with van der Waals surface area (Å²) in [5.74, 6) is 0. The summed E-state index contributed by atoms with van der Waals surface area (Å²) in [5.41, 5.74) is 0.607. The minimum atomic E-state index is 0.607. The lowest BCUT2D eigenvalue weighted by atomic mass is 10.0. The number of unbranched alkanes of at least 4 members (excludes halogenated alkanes) is 7. The average Bonchev–Trinajstić information content (AvgIpc) is 3.19. The maximum atomic E-state index is 5.19. The molecule has 0 aromatic rings. The van der Waals surface area contributed by atoms with E-state index in [-0.39, 0.29) is 0 Å². The molecule has 0 heterocycles. The van der Waals surface area contributed by atoms with E-state index in [1.807, 2.05) is 7.11 Å². The van der Waals surface area contributed by atoms with Crippen LogP contribution in [-0.4, -0.2) is 26.8 Å². The molecule has 114 valence electrons. The highest BCUT2D eigenvalue weighted by Gasteiger charge is 2.41. The van der Waals surface area contributed by atoms with Crippen molar-refractivity contribution in [3.8, 4) is 0 Å². The van der Waals surface area contributed by atoms with Crippen LogP contribution in [-0.2, 0) is 4.74 Å². The normalized spacial score (nSPS) is 16.7. The molecule has 2 heteroatoms. The summed E-state index contributed by atoms with van der Waals surface area (Å²) in [4.78, 5) is 0. The summed E-state index contributed by atoms with van der Waals surface area (Å²) in [5, 5.41) is 3.65. The molecule has 0 atom stereocenters. The topological polar surface area (TPSA) is 21.3 Å². The van der Waals surface area contributed by atoms with Crippen molar-refractivity contribution < 1.29 is 4.74 Å².